The number of unbranched alkanes of at least 4 members (excludes halogenated alkanes) is 1. The third-order valence-electron chi connectivity index (χ3n) is 7.18. The summed E-state index contributed by atoms with van der Waals surface area (Å²) in [5.41, 5.74) is 0.721. The van der Waals surface area contributed by atoms with E-state index >= 15 is 0 Å². The molecule has 0 aliphatic carbocycles. The number of carbonyl (C=O) groups excluding carboxylic acids is 1. The Balaban J connectivity index is 1.83. The van der Waals surface area contributed by atoms with Crippen molar-refractivity contribution in [1.82, 2.24) is 14.9 Å². The van der Waals surface area contributed by atoms with E-state index in [0.717, 1.165) is 12.5 Å². The fourth-order valence-electron chi connectivity index (χ4n) is 4.97. The van der Waals surface area contributed by atoms with Crippen molar-refractivity contribution in [3.8, 4) is 23.1 Å². The largest absolute Gasteiger partial charge is 0.492 e. The third-order valence-corrected chi connectivity index (χ3v) is 8.97. The second-order valence-corrected chi connectivity index (χ2v) is 11.8. The van der Waals surface area contributed by atoms with Gasteiger partial charge in [-0.25, -0.2) is 12.8 Å². The molecule has 0 fully saturated rings. The molecule has 0 radical (unpaired) electrons. The number of nitrogens with zero attached hydrogens (tertiary/aromatic N) is 3. The number of nitriles is 1. The maximum atomic E-state index is 14.8. The fourth-order valence-corrected chi connectivity index (χ4v) is 6.31. The van der Waals surface area contributed by atoms with Gasteiger partial charge in [0, 0.05) is 24.6 Å². The summed E-state index contributed by atoms with van der Waals surface area (Å²) in [5.74, 6) is -1.78. The first-order chi connectivity index (χ1) is 20.6. The average molecular weight is 603 g/mol. The molecule has 9 nitrogen and oxygen atoms in total. The lowest BCUT2D eigenvalue weighted by molar-refractivity contribution is 0.0962. The van der Waals surface area contributed by atoms with Gasteiger partial charge in [-0.05, 0) is 60.4 Å². The lowest BCUT2D eigenvalue weighted by Gasteiger charge is -2.23. The van der Waals surface area contributed by atoms with Crippen molar-refractivity contribution in [3.63, 3.8) is 0 Å². The molecule has 0 saturated carbocycles. The zero-order valence-corrected chi connectivity index (χ0v) is 24.8. The van der Waals surface area contributed by atoms with Gasteiger partial charge in [0.25, 0.3) is 11.5 Å². The van der Waals surface area contributed by atoms with Gasteiger partial charge in [-0.1, -0.05) is 50.6 Å². The van der Waals surface area contributed by atoms with Crippen LogP contribution in [0.15, 0.2) is 81.3 Å². The van der Waals surface area contributed by atoms with Crippen LogP contribution in [0.25, 0.3) is 11.1 Å². The maximum Gasteiger partial charge on any atom is 0.277 e. The molecule has 1 heterocycles. The Hall–Kier alpha value is -4.82. The van der Waals surface area contributed by atoms with Crippen LogP contribution in [0.5, 0.6) is 5.88 Å². The van der Waals surface area contributed by atoms with Crippen molar-refractivity contribution < 1.29 is 22.7 Å². The van der Waals surface area contributed by atoms with Crippen LogP contribution in [0, 0.1) is 17.1 Å². The summed E-state index contributed by atoms with van der Waals surface area (Å²) in [5, 5.41) is 22.6. The van der Waals surface area contributed by atoms with Crippen molar-refractivity contribution in [2.24, 2.45) is 0 Å². The van der Waals surface area contributed by atoms with Crippen LogP contribution in [0.1, 0.15) is 66.5 Å². The van der Waals surface area contributed by atoms with E-state index in [1.807, 2.05) is 13.8 Å². The Bertz CT molecular complexity index is 1880. The van der Waals surface area contributed by atoms with E-state index in [0.29, 0.717) is 36.0 Å². The molecule has 0 saturated heterocycles. The number of nitrogens with one attached hydrogen (secondary N) is 1. The first-order valence-electron chi connectivity index (χ1n) is 13.8. The van der Waals surface area contributed by atoms with E-state index < -0.39 is 43.9 Å². The average Bonchev–Trinajstić information content (AvgIpc) is 3.01. The SMILES string of the molecule is CCCCc1nc(O)c(S(=O)(=O)c2ccc(-c3ccc(C(=O)NC)cc3F)cc2)c(=O)n1[C@@H](CC)c1cccc(C#N)c1. The van der Waals surface area contributed by atoms with Crippen LogP contribution >= 0.6 is 0 Å². The van der Waals surface area contributed by atoms with Crippen LogP contribution in [-0.2, 0) is 16.3 Å². The van der Waals surface area contributed by atoms with E-state index in [-0.39, 0.29) is 21.8 Å². The molecule has 0 spiro atoms. The maximum absolute atomic E-state index is 14.8. The van der Waals surface area contributed by atoms with Gasteiger partial charge in [-0.15, -0.1) is 0 Å². The molecule has 4 aromatic rings. The Labute approximate surface area is 249 Å². The minimum absolute atomic E-state index is 0.134. The molecule has 1 atom stereocenters. The lowest BCUT2D eigenvalue weighted by Crippen LogP contribution is -2.33. The van der Waals surface area contributed by atoms with Crippen LogP contribution < -0.4 is 10.9 Å². The summed E-state index contributed by atoms with van der Waals surface area (Å²) in [6, 6.07) is 17.3. The number of aryl methyl sites for hydroxylation is 1. The highest BCUT2D eigenvalue weighted by Gasteiger charge is 2.31. The highest BCUT2D eigenvalue weighted by Crippen LogP contribution is 2.31. The Morgan fingerprint density at radius 3 is 2.44 bits per heavy atom. The summed E-state index contributed by atoms with van der Waals surface area (Å²) in [6.07, 6.45) is 2.14. The number of aromatic nitrogens is 2. The van der Waals surface area contributed by atoms with E-state index in [1.54, 1.807) is 24.3 Å². The standard InChI is InChI=1S/C32H31FN4O5S/c1-4-6-10-28-36-31(39)29(32(40)37(28)27(5-2)22-9-7-8-20(17-22)19-34)43(41,42)24-14-11-21(12-15-24)25-16-13-23(18-26(25)33)30(38)35-3/h7-9,11-18,27,39H,4-6,10H2,1-3H3,(H,35,38)/t27-/m0/s1. The Kier molecular flexibility index (Phi) is 9.41. The number of benzene rings is 3. The zero-order valence-electron chi connectivity index (χ0n) is 24.0. The zero-order chi connectivity index (χ0) is 31.3. The smallest absolute Gasteiger partial charge is 0.277 e. The molecule has 4 rings (SSSR count). The molecule has 1 amide bonds. The van der Waals surface area contributed by atoms with Gasteiger partial charge in [0.1, 0.15) is 11.6 Å². The molecule has 0 bridgehead atoms. The van der Waals surface area contributed by atoms with E-state index in [2.05, 4.69) is 16.4 Å². The molecule has 11 heteroatoms. The van der Waals surface area contributed by atoms with Crippen molar-refractivity contribution in [3.05, 3.63) is 105 Å². The molecule has 2 N–H and O–H groups in total. The number of carbonyl (C=O) groups is 1. The van der Waals surface area contributed by atoms with E-state index in [9.17, 15) is 32.8 Å². The van der Waals surface area contributed by atoms with Gasteiger partial charge < -0.3 is 10.4 Å². The minimum Gasteiger partial charge on any atom is -0.492 e. The van der Waals surface area contributed by atoms with Crippen molar-refractivity contribution >= 4 is 15.7 Å². The van der Waals surface area contributed by atoms with Crippen LogP contribution in [0.3, 0.4) is 0 Å². The summed E-state index contributed by atoms with van der Waals surface area (Å²) >= 11 is 0. The number of rotatable bonds is 10. The third kappa shape index (κ3) is 6.20. The molecule has 43 heavy (non-hydrogen) atoms. The molecule has 1 aromatic heterocycles. The Morgan fingerprint density at radius 2 is 1.84 bits per heavy atom. The van der Waals surface area contributed by atoms with Crippen molar-refractivity contribution in [1.29, 1.82) is 5.26 Å². The summed E-state index contributed by atoms with van der Waals surface area (Å²) in [4.78, 5) is 28.9. The first-order valence-corrected chi connectivity index (χ1v) is 15.3. The molecule has 0 aliphatic heterocycles. The Morgan fingerprint density at radius 1 is 1.12 bits per heavy atom. The predicted molar refractivity (Wildman–Crippen MR) is 159 cm³/mol. The van der Waals surface area contributed by atoms with Crippen molar-refractivity contribution in [2.75, 3.05) is 7.05 Å². The summed E-state index contributed by atoms with van der Waals surface area (Å²) in [7, 11) is -3.14. The highest BCUT2D eigenvalue weighted by atomic mass is 32.2. The lowest BCUT2D eigenvalue weighted by atomic mass is 10.0. The second-order valence-electron chi connectivity index (χ2n) is 9.92. The number of amides is 1. The number of halogens is 1. The topological polar surface area (TPSA) is 142 Å². The van der Waals surface area contributed by atoms with Gasteiger partial charge in [0.2, 0.25) is 15.7 Å². The summed E-state index contributed by atoms with van der Waals surface area (Å²) < 4.78 is 43.7. The molecular weight excluding hydrogens is 571 g/mol. The highest BCUT2D eigenvalue weighted by molar-refractivity contribution is 7.91. The van der Waals surface area contributed by atoms with Gasteiger partial charge in [0.05, 0.1) is 22.6 Å². The number of sulfone groups is 1. The first kappa shape index (κ1) is 31.1. The fraction of sp³-hybridized carbons (Fsp3) is 0.250. The van der Waals surface area contributed by atoms with Crippen LogP contribution in [-0.4, -0.2) is 36.0 Å². The molecular formula is C32H31FN4O5S. The molecule has 222 valence electrons. The van der Waals surface area contributed by atoms with E-state index in [4.69, 9.17) is 0 Å². The quantitative estimate of drug-likeness (QED) is 0.255. The van der Waals surface area contributed by atoms with E-state index in [1.165, 1.54) is 48.0 Å². The van der Waals surface area contributed by atoms with Crippen LogP contribution in [0.4, 0.5) is 4.39 Å². The number of aromatic hydroxyl groups is 1. The van der Waals surface area contributed by atoms with Gasteiger partial charge in [-0.3, -0.25) is 14.2 Å². The van der Waals surface area contributed by atoms with Gasteiger partial charge in [-0.2, -0.15) is 10.2 Å². The molecule has 3 aromatic carbocycles. The summed E-state index contributed by atoms with van der Waals surface area (Å²) in [6.45, 7) is 3.79. The second kappa shape index (κ2) is 13.0. The van der Waals surface area contributed by atoms with Gasteiger partial charge >= 0.3 is 0 Å². The molecule has 0 unspecified atom stereocenters. The monoisotopic (exact) mass is 602 g/mol. The number of hydrogen-bond donors (Lipinski definition) is 2. The van der Waals surface area contributed by atoms with Gasteiger partial charge in [0.15, 0.2) is 4.90 Å². The normalized spacial score (nSPS) is 12.0. The molecule has 0 aliphatic rings. The predicted octanol–water partition coefficient (Wildman–Crippen LogP) is 5.16. The van der Waals surface area contributed by atoms with Crippen LogP contribution in [0.2, 0.25) is 0 Å². The number of hydrogen-bond acceptors (Lipinski definition) is 7. The van der Waals surface area contributed by atoms with Crippen molar-refractivity contribution in [2.45, 2.75) is 55.4 Å². The minimum atomic E-state index is -4.57.